The SMILES string of the molecule is C#Cc1c(F)ccc2cc(O)cc(-c3nc(OC(C)C)c4c(N5CC6CCC(C5)N6C(=O)C(F)(F)F)nc(OCC5(CN6CCOCC6)CC5)nc4c3F)c12. The molecule has 4 fully saturated rings. The molecule has 2 aromatic heterocycles. The Hall–Kier alpha value is -5.01. The van der Waals surface area contributed by atoms with Crippen molar-refractivity contribution >= 4 is 33.4 Å². The number of phenols is 1. The second-order valence-corrected chi connectivity index (χ2v) is 15.1. The van der Waals surface area contributed by atoms with Gasteiger partial charge in [0.25, 0.3) is 0 Å². The molecule has 11 nitrogen and oxygen atoms in total. The minimum atomic E-state index is -5.04. The zero-order chi connectivity index (χ0) is 38.8. The van der Waals surface area contributed by atoms with Crippen LogP contribution in [0.4, 0.5) is 27.8 Å². The molecule has 290 valence electrons. The molecule has 1 saturated carbocycles. The van der Waals surface area contributed by atoms with Crippen LogP contribution in [0.15, 0.2) is 24.3 Å². The van der Waals surface area contributed by atoms with E-state index in [1.165, 1.54) is 18.2 Å². The number of carbonyl (C=O) groups excluding carboxylic acids is 1. The Morgan fingerprint density at radius 3 is 2.42 bits per heavy atom. The number of carbonyl (C=O) groups is 1. The lowest BCUT2D eigenvalue weighted by atomic mass is 9.95. The number of rotatable bonds is 9. The van der Waals surface area contributed by atoms with E-state index in [1.54, 1.807) is 18.7 Å². The van der Waals surface area contributed by atoms with Gasteiger partial charge in [-0.2, -0.15) is 23.1 Å². The maximum atomic E-state index is 17.3. The molecule has 2 aromatic carbocycles. The summed E-state index contributed by atoms with van der Waals surface area (Å²) in [6.07, 6.45) is 2.66. The number of morpholine rings is 1. The number of aromatic nitrogens is 3. The quantitative estimate of drug-likeness (QED) is 0.165. The molecular weight excluding hydrogens is 727 g/mol. The van der Waals surface area contributed by atoms with E-state index in [9.17, 15) is 23.1 Å². The molecular formula is C39H39F5N6O5. The number of anilines is 1. The van der Waals surface area contributed by atoms with Crippen molar-refractivity contribution in [2.75, 3.05) is 57.4 Å². The van der Waals surface area contributed by atoms with Crippen molar-refractivity contribution in [1.29, 1.82) is 0 Å². The Morgan fingerprint density at radius 2 is 1.78 bits per heavy atom. The third-order valence-corrected chi connectivity index (χ3v) is 10.9. The van der Waals surface area contributed by atoms with E-state index in [1.807, 2.05) is 0 Å². The molecule has 5 heterocycles. The maximum Gasteiger partial charge on any atom is 0.471 e. The third-order valence-electron chi connectivity index (χ3n) is 10.9. The van der Waals surface area contributed by atoms with E-state index in [-0.39, 0.29) is 81.7 Å². The summed E-state index contributed by atoms with van der Waals surface area (Å²) in [5.41, 5.74) is -0.965. The van der Waals surface area contributed by atoms with Crippen molar-refractivity contribution in [3.63, 3.8) is 0 Å². The Kier molecular flexibility index (Phi) is 9.36. The number of benzene rings is 2. The molecule has 1 N–H and O–H groups in total. The first-order valence-corrected chi connectivity index (χ1v) is 18.3. The number of nitrogens with zero attached hydrogens (tertiary/aromatic N) is 6. The van der Waals surface area contributed by atoms with Crippen LogP contribution in [0.3, 0.4) is 0 Å². The number of amides is 1. The van der Waals surface area contributed by atoms with E-state index in [0.717, 1.165) is 43.4 Å². The lowest BCUT2D eigenvalue weighted by Crippen LogP contribution is -2.59. The smallest absolute Gasteiger partial charge is 0.471 e. The van der Waals surface area contributed by atoms with Crippen molar-refractivity contribution in [1.82, 2.24) is 24.8 Å². The highest BCUT2D eigenvalue weighted by Crippen LogP contribution is 2.48. The highest BCUT2D eigenvalue weighted by Gasteiger charge is 2.52. The number of phenolic OH excluding ortho intramolecular Hbond substituents is 1. The van der Waals surface area contributed by atoms with Gasteiger partial charge in [-0.15, -0.1) is 6.42 Å². The summed E-state index contributed by atoms with van der Waals surface area (Å²) in [6.45, 7) is 7.25. The van der Waals surface area contributed by atoms with Crippen molar-refractivity contribution in [3.8, 4) is 41.2 Å². The summed E-state index contributed by atoms with van der Waals surface area (Å²) in [5, 5.41) is 11.2. The van der Waals surface area contributed by atoms with E-state index >= 15 is 8.78 Å². The number of pyridine rings is 1. The van der Waals surface area contributed by atoms with Gasteiger partial charge in [-0.3, -0.25) is 9.69 Å². The van der Waals surface area contributed by atoms with Gasteiger partial charge in [0.05, 0.1) is 43.6 Å². The van der Waals surface area contributed by atoms with Crippen molar-refractivity contribution in [3.05, 3.63) is 41.5 Å². The summed E-state index contributed by atoms with van der Waals surface area (Å²) in [4.78, 5) is 31.4. The molecule has 2 bridgehead atoms. The third kappa shape index (κ3) is 6.92. The summed E-state index contributed by atoms with van der Waals surface area (Å²) in [6, 6.07) is 3.43. The number of halogens is 5. The molecule has 3 aliphatic heterocycles. The second kappa shape index (κ2) is 13.9. The second-order valence-electron chi connectivity index (χ2n) is 15.1. The molecule has 1 aliphatic carbocycles. The van der Waals surface area contributed by atoms with E-state index in [0.29, 0.717) is 31.4 Å². The van der Waals surface area contributed by atoms with Gasteiger partial charge in [-0.05, 0) is 63.1 Å². The van der Waals surface area contributed by atoms with Gasteiger partial charge in [0.1, 0.15) is 34.0 Å². The molecule has 0 radical (unpaired) electrons. The summed E-state index contributed by atoms with van der Waals surface area (Å²) >= 11 is 0. The van der Waals surface area contributed by atoms with Crippen molar-refractivity contribution in [2.45, 2.75) is 63.9 Å². The average Bonchev–Trinajstić information content (AvgIpc) is 3.86. The fourth-order valence-electron chi connectivity index (χ4n) is 8.17. The van der Waals surface area contributed by atoms with Crippen molar-refractivity contribution < 1.29 is 46.1 Å². The molecule has 3 saturated heterocycles. The molecule has 2 atom stereocenters. The van der Waals surface area contributed by atoms with Crippen LogP contribution in [0.1, 0.15) is 45.1 Å². The Labute approximate surface area is 313 Å². The number of alkyl halides is 3. The van der Waals surface area contributed by atoms with Crippen LogP contribution in [0, 0.1) is 29.4 Å². The molecule has 4 aliphatic rings. The Balaban J connectivity index is 1.28. The number of hydrogen-bond donors (Lipinski definition) is 1. The van der Waals surface area contributed by atoms with Crippen LogP contribution in [0.2, 0.25) is 0 Å². The number of ether oxygens (including phenoxy) is 3. The Bertz CT molecular complexity index is 2200. The fraction of sp³-hybridized carbons (Fsp3) is 0.487. The number of hydrogen-bond acceptors (Lipinski definition) is 10. The van der Waals surface area contributed by atoms with Crippen LogP contribution in [-0.2, 0) is 9.53 Å². The standard InChI is InChI=1S/C39H39F5N6O5/c1-4-26-28(40)8-5-22-15-25(51)16-27(29(22)26)32-31(41)33-30(35(45-32)55-21(2)3)34(49-17-23-6-7-24(18-49)50(23)36(52)39(42,43)44)47-37(46-33)54-20-38(9-10-38)19-48-11-13-53-14-12-48/h1,5,8,15-16,21,23-24,51H,6-7,9-14,17-20H2,2-3H3. The van der Waals surface area contributed by atoms with Crippen LogP contribution < -0.4 is 14.4 Å². The number of terminal acetylenes is 1. The highest BCUT2D eigenvalue weighted by atomic mass is 19.4. The molecule has 8 rings (SSSR count). The average molecular weight is 767 g/mol. The predicted octanol–water partition coefficient (Wildman–Crippen LogP) is 5.83. The summed E-state index contributed by atoms with van der Waals surface area (Å²) < 4.78 is 91.4. The van der Waals surface area contributed by atoms with Gasteiger partial charge < -0.3 is 29.1 Å². The first-order chi connectivity index (χ1) is 26.2. The highest BCUT2D eigenvalue weighted by molar-refractivity contribution is 6.04. The fourth-order valence-corrected chi connectivity index (χ4v) is 8.17. The lowest BCUT2D eigenvalue weighted by Gasteiger charge is -2.42. The largest absolute Gasteiger partial charge is 0.508 e. The van der Waals surface area contributed by atoms with E-state index in [4.69, 9.17) is 25.6 Å². The van der Waals surface area contributed by atoms with Gasteiger partial charge >= 0.3 is 18.1 Å². The van der Waals surface area contributed by atoms with E-state index < -0.39 is 41.9 Å². The van der Waals surface area contributed by atoms with Crippen LogP contribution in [-0.4, -0.2) is 113 Å². The van der Waals surface area contributed by atoms with E-state index in [2.05, 4.69) is 20.8 Å². The number of fused-ring (bicyclic) bond motifs is 4. The van der Waals surface area contributed by atoms with Gasteiger partial charge in [0.2, 0.25) is 5.88 Å². The van der Waals surface area contributed by atoms with Crippen molar-refractivity contribution in [2.24, 2.45) is 5.41 Å². The van der Waals surface area contributed by atoms with Gasteiger partial charge in [-0.25, -0.2) is 13.8 Å². The molecule has 4 aromatic rings. The molecule has 0 spiro atoms. The van der Waals surface area contributed by atoms with Crippen LogP contribution in [0.5, 0.6) is 17.6 Å². The van der Waals surface area contributed by atoms with Gasteiger partial charge in [0.15, 0.2) is 5.82 Å². The zero-order valence-corrected chi connectivity index (χ0v) is 30.3. The molecule has 1 amide bonds. The topological polar surface area (TPSA) is 113 Å². The molecule has 2 unspecified atom stereocenters. The normalized spacial score (nSPS) is 21.0. The first kappa shape index (κ1) is 36.9. The number of piperazine rings is 1. The maximum absolute atomic E-state index is 17.3. The monoisotopic (exact) mass is 766 g/mol. The van der Waals surface area contributed by atoms with Gasteiger partial charge in [0, 0.05) is 49.1 Å². The van der Waals surface area contributed by atoms with Crippen LogP contribution in [0.25, 0.3) is 32.9 Å². The molecule has 55 heavy (non-hydrogen) atoms. The van der Waals surface area contributed by atoms with Crippen LogP contribution >= 0.6 is 0 Å². The lowest BCUT2D eigenvalue weighted by molar-refractivity contribution is -0.188. The summed E-state index contributed by atoms with van der Waals surface area (Å²) in [5.74, 6) is -1.50. The predicted molar refractivity (Wildman–Crippen MR) is 192 cm³/mol. The summed E-state index contributed by atoms with van der Waals surface area (Å²) in [7, 11) is 0. The zero-order valence-electron chi connectivity index (χ0n) is 30.3. The minimum absolute atomic E-state index is 0.0159. The first-order valence-electron chi connectivity index (χ1n) is 18.3. The minimum Gasteiger partial charge on any atom is -0.508 e. The Morgan fingerprint density at radius 1 is 1.07 bits per heavy atom. The van der Waals surface area contributed by atoms with Gasteiger partial charge in [-0.1, -0.05) is 12.0 Å². The molecule has 16 heteroatoms. The number of aromatic hydroxyl groups is 1.